The lowest BCUT2D eigenvalue weighted by Gasteiger charge is -2.37. The quantitative estimate of drug-likeness (QED) is 0.837. The van der Waals surface area contributed by atoms with E-state index in [4.69, 9.17) is 11.6 Å². The molecule has 0 aromatic heterocycles. The molecule has 0 amide bonds. The van der Waals surface area contributed by atoms with Gasteiger partial charge in [-0.15, -0.1) is 0 Å². The Morgan fingerprint density at radius 2 is 1.72 bits per heavy atom. The number of rotatable bonds is 2. The first-order chi connectivity index (χ1) is 8.44. The van der Waals surface area contributed by atoms with Crippen LogP contribution >= 0.6 is 11.6 Å². The van der Waals surface area contributed by atoms with Gasteiger partial charge in [-0.1, -0.05) is 30.2 Å². The molecule has 1 aliphatic rings. The first-order valence-electron chi connectivity index (χ1n) is 6.22. The van der Waals surface area contributed by atoms with Gasteiger partial charge in [0.25, 0.3) is 0 Å². The summed E-state index contributed by atoms with van der Waals surface area (Å²) in [5.41, 5.74) is 0. The van der Waals surface area contributed by atoms with Crippen LogP contribution in [0.5, 0.6) is 0 Å². The summed E-state index contributed by atoms with van der Waals surface area (Å²) in [7, 11) is -3.49. The minimum Gasteiger partial charge on any atom is -0.207 e. The van der Waals surface area contributed by atoms with Crippen molar-refractivity contribution in [1.29, 1.82) is 0 Å². The lowest BCUT2D eigenvalue weighted by molar-refractivity contribution is 0.204. The van der Waals surface area contributed by atoms with Crippen molar-refractivity contribution in [2.45, 2.75) is 50.1 Å². The summed E-state index contributed by atoms with van der Waals surface area (Å²) in [5.74, 6) is 0. The minimum atomic E-state index is -3.49. The second-order valence-electron chi connectivity index (χ2n) is 4.89. The van der Waals surface area contributed by atoms with Crippen LogP contribution in [0.2, 0.25) is 5.02 Å². The molecular formula is C13H18ClNO2S. The van der Waals surface area contributed by atoms with Gasteiger partial charge in [0.1, 0.15) is 4.90 Å². The van der Waals surface area contributed by atoms with E-state index in [9.17, 15) is 8.42 Å². The van der Waals surface area contributed by atoms with E-state index >= 15 is 0 Å². The molecule has 0 radical (unpaired) electrons. The third-order valence-electron chi connectivity index (χ3n) is 3.50. The largest absolute Gasteiger partial charge is 0.245 e. The van der Waals surface area contributed by atoms with E-state index in [1.54, 1.807) is 28.6 Å². The van der Waals surface area contributed by atoms with Crippen molar-refractivity contribution >= 4 is 21.6 Å². The summed E-state index contributed by atoms with van der Waals surface area (Å²) >= 11 is 6.02. The number of nitrogens with zero attached hydrogens (tertiary/aromatic N) is 1. The average Bonchev–Trinajstić information content (AvgIpc) is 2.28. The number of piperidine rings is 1. The Morgan fingerprint density at radius 3 is 2.28 bits per heavy atom. The van der Waals surface area contributed by atoms with Crippen LogP contribution < -0.4 is 0 Å². The highest BCUT2D eigenvalue weighted by molar-refractivity contribution is 7.89. The first-order valence-corrected chi connectivity index (χ1v) is 8.04. The van der Waals surface area contributed by atoms with Crippen LogP contribution in [0.25, 0.3) is 0 Å². The molecule has 3 nitrogen and oxygen atoms in total. The molecule has 100 valence electrons. The minimum absolute atomic E-state index is 0.0371. The predicted octanol–water partition coefficient (Wildman–Crippen LogP) is 3.29. The molecule has 2 rings (SSSR count). The molecule has 0 aliphatic carbocycles. The Labute approximate surface area is 114 Å². The molecule has 2 unspecified atom stereocenters. The highest BCUT2D eigenvalue weighted by atomic mass is 35.5. The summed E-state index contributed by atoms with van der Waals surface area (Å²) in [4.78, 5) is 0.215. The van der Waals surface area contributed by atoms with Crippen LogP contribution in [0.3, 0.4) is 0 Å². The third kappa shape index (κ3) is 2.42. The fraction of sp³-hybridized carbons (Fsp3) is 0.538. The van der Waals surface area contributed by atoms with Crippen molar-refractivity contribution in [3.8, 4) is 0 Å². The van der Waals surface area contributed by atoms with Gasteiger partial charge >= 0.3 is 0 Å². The van der Waals surface area contributed by atoms with Gasteiger partial charge in [-0.05, 0) is 38.8 Å². The lowest BCUT2D eigenvalue weighted by Crippen LogP contribution is -2.47. The van der Waals surface area contributed by atoms with Gasteiger partial charge < -0.3 is 0 Å². The van der Waals surface area contributed by atoms with Gasteiger partial charge in [-0.3, -0.25) is 0 Å². The van der Waals surface area contributed by atoms with Crippen LogP contribution in [0.15, 0.2) is 29.2 Å². The normalized spacial score (nSPS) is 26.2. The van der Waals surface area contributed by atoms with Crippen LogP contribution in [0.1, 0.15) is 33.1 Å². The van der Waals surface area contributed by atoms with Gasteiger partial charge in [0.05, 0.1) is 5.02 Å². The van der Waals surface area contributed by atoms with Gasteiger partial charge in [0.15, 0.2) is 0 Å². The molecule has 1 saturated heterocycles. The molecule has 2 atom stereocenters. The number of halogens is 1. The number of sulfonamides is 1. The molecule has 5 heteroatoms. The average molecular weight is 288 g/mol. The van der Waals surface area contributed by atoms with E-state index < -0.39 is 10.0 Å². The van der Waals surface area contributed by atoms with Crippen LogP contribution in [0.4, 0.5) is 0 Å². The van der Waals surface area contributed by atoms with Gasteiger partial charge in [-0.25, -0.2) is 8.42 Å². The van der Waals surface area contributed by atoms with Gasteiger partial charge in [0, 0.05) is 12.1 Å². The fourth-order valence-electron chi connectivity index (χ4n) is 2.64. The Hall–Kier alpha value is -0.580. The number of hydrogen-bond donors (Lipinski definition) is 0. The molecule has 1 aromatic rings. The van der Waals surface area contributed by atoms with Crippen molar-refractivity contribution in [2.75, 3.05) is 0 Å². The summed E-state index contributed by atoms with van der Waals surface area (Å²) in [5, 5.41) is 0.294. The van der Waals surface area contributed by atoms with Crippen molar-refractivity contribution in [1.82, 2.24) is 4.31 Å². The highest BCUT2D eigenvalue weighted by Gasteiger charge is 2.36. The summed E-state index contributed by atoms with van der Waals surface area (Å²) in [6, 6.07) is 6.71. The maximum atomic E-state index is 12.7. The molecule has 0 saturated carbocycles. The second kappa shape index (κ2) is 5.19. The molecule has 1 heterocycles. The van der Waals surface area contributed by atoms with E-state index in [0.717, 1.165) is 19.3 Å². The Kier molecular flexibility index (Phi) is 3.99. The predicted molar refractivity (Wildman–Crippen MR) is 73.3 cm³/mol. The maximum Gasteiger partial charge on any atom is 0.245 e. The van der Waals surface area contributed by atoms with Crippen LogP contribution in [-0.2, 0) is 10.0 Å². The van der Waals surface area contributed by atoms with Crippen molar-refractivity contribution < 1.29 is 8.42 Å². The molecule has 0 bridgehead atoms. The van der Waals surface area contributed by atoms with Crippen LogP contribution in [-0.4, -0.2) is 24.8 Å². The highest BCUT2D eigenvalue weighted by Crippen LogP contribution is 2.32. The molecule has 0 N–H and O–H groups in total. The summed E-state index contributed by atoms with van der Waals surface area (Å²) in [6.45, 7) is 3.92. The van der Waals surface area contributed by atoms with E-state index in [1.165, 1.54) is 0 Å². The summed E-state index contributed by atoms with van der Waals surface area (Å²) in [6.07, 6.45) is 2.90. The zero-order chi connectivity index (χ0) is 13.3. The van der Waals surface area contributed by atoms with Crippen molar-refractivity contribution in [2.24, 2.45) is 0 Å². The zero-order valence-corrected chi connectivity index (χ0v) is 12.2. The molecule has 0 spiro atoms. The van der Waals surface area contributed by atoms with E-state index in [0.29, 0.717) is 5.02 Å². The van der Waals surface area contributed by atoms with Crippen molar-refractivity contribution in [3.63, 3.8) is 0 Å². The SMILES string of the molecule is CC1CCCC(C)N1S(=O)(=O)c1ccccc1Cl. The molecule has 1 fully saturated rings. The Balaban J connectivity index is 2.45. The van der Waals surface area contributed by atoms with E-state index in [2.05, 4.69) is 0 Å². The molecule has 1 aliphatic heterocycles. The summed E-state index contributed by atoms with van der Waals surface area (Å²) < 4.78 is 26.9. The Morgan fingerprint density at radius 1 is 1.17 bits per heavy atom. The van der Waals surface area contributed by atoms with Gasteiger partial charge in [-0.2, -0.15) is 4.31 Å². The molecule has 18 heavy (non-hydrogen) atoms. The molecule has 1 aromatic carbocycles. The topological polar surface area (TPSA) is 37.4 Å². The monoisotopic (exact) mass is 287 g/mol. The standard InChI is InChI=1S/C13H18ClNO2S/c1-10-6-5-7-11(2)15(10)18(16,17)13-9-4-3-8-12(13)14/h3-4,8-11H,5-7H2,1-2H3. The van der Waals surface area contributed by atoms with E-state index in [1.807, 2.05) is 13.8 Å². The van der Waals surface area contributed by atoms with E-state index in [-0.39, 0.29) is 17.0 Å². The zero-order valence-electron chi connectivity index (χ0n) is 10.6. The number of hydrogen-bond acceptors (Lipinski definition) is 2. The lowest BCUT2D eigenvalue weighted by atomic mass is 10.0. The number of benzene rings is 1. The van der Waals surface area contributed by atoms with Crippen molar-refractivity contribution in [3.05, 3.63) is 29.3 Å². The maximum absolute atomic E-state index is 12.7. The third-order valence-corrected chi connectivity index (χ3v) is 6.13. The molecular weight excluding hydrogens is 270 g/mol. The van der Waals surface area contributed by atoms with Crippen LogP contribution in [0, 0.1) is 0 Å². The second-order valence-corrected chi connectivity index (χ2v) is 7.11. The first kappa shape index (κ1) is 13.8. The van der Waals surface area contributed by atoms with Gasteiger partial charge in [0.2, 0.25) is 10.0 Å². The smallest absolute Gasteiger partial charge is 0.207 e. The Bertz CT molecular complexity index is 520. The fourth-order valence-corrected chi connectivity index (χ4v) is 5.02.